The van der Waals surface area contributed by atoms with Crippen molar-refractivity contribution in [2.75, 3.05) is 0 Å². The third-order valence-electron chi connectivity index (χ3n) is 2.64. The second-order valence-corrected chi connectivity index (χ2v) is 5.24. The third kappa shape index (κ3) is 20.7. The zero-order valence-electron chi connectivity index (χ0n) is 16.5. The van der Waals surface area contributed by atoms with E-state index in [1.807, 2.05) is 59.9 Å². The monoisotopic (exact) mass is 303 g/mol. The summed E-state index contributed by atoms with van der Waals surface area (Å²) in [6.07, 6.45) is 9.92. The number of hydrogen-bond acceptors (Lipinski definition) is 1. The van der Waals surface area contributed by atoms with Crippen molar-refractivity contribution >= 4 is 6.21 Å². The summed E-state index contributed by atoms with van der Waals surface area (Å²) in [5.74, 6) is 0. The van der Waals surface area contributed by atoms with Gasteiger partial charge < -0.3 is 0 Å². The van der Waals surface area contributed by atoms with Crippen LogP contribution in [0.4, 0.5) is 0 Å². The SMILES string of the molecule is C/C=C(/C)C=NC(C)=C(C)C.C=C/C(C)=C\C=C(C)C.CC. The Kier molecular flexibility index (Phi) is 20.1. The lowest BCUT2D eigenvalue weighted by molar-refractivity contribution is 1.19. The van der Waals surface area contributed by atoms with Gasteiger partial charge in [-0.25, -0.2) is 0 Å². The molecule has 0 saturated carbocycles. The lowest BCUT2D eigenvalue weighted by atomic mass is 10.2. The first-order chi connectivity index (χ1) is 10.2. The molecule has 0 radical (unpaired) electrons. The number of hydrogen-bond donors (Lipinski definition) is 0. The van der Waals surface area contributed by atoms with Gasteiger partial charge in [0.2, 0.25) is 0 Å². The Morgan fingerprint density at radius 3 is 1.64 bits per heavy atom. The van der Waals surface area contributed by atoms with Gasteiger partial charge in [-0.05, 0) is 61.0 Å². The lowest BCUT2D eigenvalue weighted by Gasteiger charge is -1.94. The van der Waals surface area contributed by atoms with Crippen molar-refractivity contribution in [3.05, 3.63) is 58.9 Å². The molecule has 1 heteroatoms. The molecular weight excluding hydrogens is 266 g/mol. The topological polar surface area (TPSA) is 12.4 Å². The summed E-state index contributed by atoms with van der Waals surface area (Å²) in [5.41, 5.74) is 6.09. The number of nitrogens with zero attached hydrogens (tertiary/aromatic N) is 1. The van der Waals surface area contributed by atoms with E-state index in [0.717, 1.165) is 5.70 Å². The molecule has 0 amide bonds. The van der Waals surface area contributed by atoms with E-state index in [1.54, 1.807) is 0 Å². The van der Waals surface area contributed by atoms with Crippen molar-refractivity contribution < 1.29 is 0 Å². The van der Waals surface area contributed by atoms with E-state index in [2.05, 4.69) is 51.4 Å². The molecule has 1 nitrogen and oxygen atoms in total. The molecule has 0 saturated heterocycles. The minimum absolute atomic E-state index is 1.10. The van der Waals surface area contributed by atoms with E-state index in [-0.39, 0.29) is 0 Å². The largest absolute Gasteiger partial charge is 0.261 e. The van der Waals surface area contributed by atoms with Crippen LogP contribution in [0.25, 0.3) is 0 Å². The predicted octanol–water partition coefficient (Wildman–Crippen LogP) is 7.45. The maximum absolute atomic E-state index is 4.28. The van der Waals surface area contributed by atoms with Gasteiger partial charge in [-0.2, -0.15) is 0 Å². The summed E-state index contributed by atoms with van der Waals surface area (Å²) in [4.78, 5) is 4.28. The summed E-state index contributed by atoms with van der Waals surface area (Å²) in [6, 6.07) is 0. The van der Waals surface area contributed by atoms with Crippen molar-refractivity contribution in [3.8, 4) is 0 Å². The molecule has 22 heavy (non-hydrogen) atoms. The molecular formula is C21H37N. The molecule has 0 atom stereocenters. The van der Waals surface area contributed by atoms with Gasteiger partial charge in [-0.15, -0.1) is 0 Å². The van der Waals surface area contributed by atoms with Gasteiger partial charge in [0, 0.05) is 11.9 Å². The first-order valence-electron chi connectivity index (χ1n) is 7.99. The Labute approximate surface area is 139 Å². The molecule has 0 aromatic carbocycles. The average molecular weight is 304 g/mol. The molecule has 0 aromatic rings. The van der Waals surface area contributed by atoms with E-state index in [9.17, 15) is 0 Å². The zero-order valence-corrected chi connectivity index (χ0v) is 16.5. The quantitative estimate of drug-likeness (QED) is 0.378. The summed E-state index contributed by atoms with van der Waals surface area (Å²) in [5, 5.41) is 0. The van der Waals surface area contributed by atoms with Gasteiger partial charge in [-0.3, -0.25) is 4.99 Å². The molecule has 0 aliphatic heterocycles. The third-order valence-corrected chi connectivity index (χ3v) is 2.64. The van der Waals surface area contributed by atoms with E-state index in [0.29, 0.717) is 0 Å². The fourth-order valence-corrected chi connectivity index (χ4v) is 0.768. The standard InChI is InChI=1S/C10H17N.C9H14.C2H6/c1-6-9(4)7-11-10(5)8(2)3;1-5-9(4)7-6-8(2)3;1-2/h6-7H,1-5H3;5-7H,1H2,2-4H3;1-2H3/b9-6-,11-7?;9-7-;. The maximum Gasteiger partial charge on any atom is 0.0359 e. The van der Waals surface area contributed by atoms with Crippen molar-refractivity contribution in [2.24, 2.45) is 4.99 Å². The highest BCUT2D eigenvalue weighted by Gasteiger charge is 1.85. The van der Waals surface area contributed by atoms with Crippen molar-refractivity contribution in [2.45, 2.75) is 69.2 Å². The molecule has 0 spiro atoms. The number of aliphatic imine (C=N–C) groups is 1. The second kappa shape index (κ2) is 17.4. The van der Waals surface area contributed by atoms with Gasteiger partial charge in [0.1, 0.15) is 0 Å². The minimum atomic E-state index is 1.10. The molecule has 0 rings (SSSR count). The molecule has 0 N–H and O–H groups in total. The Morgan fingerprint density at radius 1 is 0.818 bits per heavy atom. The summed E-state index contributed by atoms with van der Waals surface area (Å²) in [6.45, 7) is 24.0. The molecule has 0 unspecified atom stereocenters. The van der Waals surface area contributed by atoms with Crippen LogP contribution in [0.3, 0.4) is 0 Å². The first-order valence-corrected chi connectivity index (χ1v) is 7.99. The van der Waals surface area contributed by atoms with Gasteiger partial charge in [0.25, 0.3) is 0 Å². The summed E-state index contributed by atoms with van der Waals surface area (Å²) in [7, 11) is 0. The molecule has 0 aliphatic carbocycles. The van der Waals surface area contributed by atoms with E-state index >= 15 is 0 Å². The Morgan fingerprint density at radius 2 is 1.32 bits per heavy atom. The van der Waals surface area contributed by atoms with Crippen molar-refractivity contribution in [1.29, 1.82) is 0 Å². The average Bonchev–Trinajstić information content (AvgIpc) is 2.51. The maximum atomic E-state index is 4.28. The normalized spacial score (nSPS) is 10.8. The van der Waals surface area contributed by atoms with Crippen LogP contribution in [0.5, 0.6) is 0 Å². The van der Waals surface area contributed by atoms with Crippen LogP contribution in [0, 0.1) is 0 Å². The Hall–Kier alpha value is -1.63. The van der Waals surface area contributed by atoms with Crippen molar-refractivity contribution in [1.82, 2.24) is 0 Å². The molecule has 0 bridgehead atoms. The van der Waals surface area contributed by atoms with Crippen LogP contribution < -0.4 is 0 Å². The number of rotatable bonds is 4. The number of allylic oxidation sites excluding steroid dienone is 9. The van der Waals surface area contributed by atoms with Crippen LogP contribution >= 0.6 is 0 Å². The minimum Gasteiger partial charge on any atom is -0.261 e. The molecule has 0 aliphatic rings. The fraction of sp³-hybridized carbons (Fsp3) is 0.476. The van der Waals surface area contributed by atoms with Gasteiger partial charge in [0.15, 0.2) is 0 Å². The van der Waals surface area contributed by atoms with Gasteiger partial charge >= 0.3 is 0 Å². The highest BCUT2D eigenvalue weighted by atomic mass is 14.7. The molecule has 0 aromatic heterocycles. The molecule has 0 fully saturated rings. The Balaban J connectivity index is -0.000000299. The second-order valence-electron chi connectivity index (χ2n) is 5.24. The van der Waals surface area contributed by atoms with E-state index < -0.39 is 0 Å². The van der Waals surface area contributed by atoms with Gasteiger partial charge in [-0.1, -0.05) is 61.4 Å². The van der Waals surface area contributed by atoms with Crippen molar-refractivity contribution in [3.63, 3.8) is 0 Å². The summed E-state index contributed by atoms with van der Waals surface area (Å²) < 4.78 is 0. The van der Waals surface area contributed by atoms with E-state index in [1.165, 1.54) is 22.3 Å². The zero-order chi connectivity index (χ0) is 18.1. The molecule has 0 heterocycles. The first kappa shape index (κ1) is 25.3. The lowest BCUT2D eigenvalue weighted by Crippen LogP contribution is -1.79. The Bertz CT molecular complexity index is 433. The highest BCUT2D eigenvalue weighted by Crippen LogP contribution is 2.02. The van der Waals surface area contributed by atoms with Crippen LogP contribution in [0.15, 0.2) is 63.9 Å². The highest BCUT2D eigenvalue weighted by molar-refractivity contribution is 5.78. The van der Waals surface area contributed by atoms with Crippen LogP contribution in [0.1, 0.15) is 69.2 Å². The van der Waals surface area contributed by atoms with Crippen LogP contribution in [-0.4, -0.2) is 6.21 Å². The van der Waals surface area contributed by atoms with Crippen LogP contribution in [0.2, 0.25) is 0 Å². The summed E-state index contributed by atoms with van der Waals surface area (Å²) >= 11 is 0. The van der Waals surface area contributed by atoms with Gasteiger partial charge in [0.05, 0.1) is 0 Å². The predicted molar refractivity (Wildman–Crippen MR) is 107 cm³/mol. The van der Waals surface area contributed by atoms with E-state index in [4.69, 9.17) is 0 Å². The fourth-order valence-electron chi connectivity index (χ4n) is 0.768. The molecule has 126 valence electrons. The van der Waals surface area contributed by atoms with Crippen LogP contribution in [-0.2, 0) is 0 Å². The smallest absolute Gasteiger partial charge is 0.0359 e.